The van der Waals surface area contributed by atoms with Crippen molar-refractivity contribution in [3.05, 3.63) is 254 Å². The summed E-state index contributed by atoms with van der Waals surface area (Å²) < 4.78 is 119. The molecule has 0 aliphatic carbocycles. The molecule has 14 aromatic rings. The molecule has 7 N–H and O–H groups in total. The van der Waals surface area contributed by atoms with Gasteiger partial charge in [-0.15, -0.1) is 19.3 Å². The van der Waals surface area contributed by atoms with Crippen molar-refractivity contribution in [2.45, 2.75) is 143 Å². The lowest BCUT2D eigenvalue weighted by Gasteiger charge is -2.25. The summed E-state index contributed by atoms with van der Waals surface area (Å²) in [6.07, 6.45) is 31.3. The number of para-hydroxylation sites is 4. The van der Waals surface area contributed by atoms with Gasteiger partial charge >= 0.3 is 0 Å². The van der Waals surface area contributed by atoms with Crippen LogP contribution in [0.5, 0.6) is 0 Å². The SMILES string of the molecule is C#Cc1cccc(Cc2cc(Nc3ccccc3S(C)(=O)=O)c3c(n2)CC(C)=N3)n1.C#Cc1cccc(Cc2cc(Nc3ccccc3S(C)(=O)=O)c3nc(C)n(C4CCCCO4)c3n2)n1.C#Cc1cccc(N)n1.CS(=O)(=O)c1ccccc1N.Cc1nc2c(Cl)cc(Cl)nc2n1C1CCCCO1.Cc1nc2c(Nc3ccccc3S(C)(=O)=O)cc(Cl)nc2n1C1CCCCO1. The van der Waals surface area contributed by atoms with E-state index in [9.17, 15) is 33.7 Å². The molecule has 30 nitrogen and oxygen atoms in total. The van der Waals surface area contributed by atoms with Crippen molar-refractivity contribution in [3.8, 4) is 37.0 Å². The number of nitrogens with one attached hydrogen (secondary N) is 3. The fourth-order valence-electron chi connectivity index (χ4n) is 15.3. The van der Waals surface area contributed by atoms with Gasteiger partial charge in [-0.05, 0) is 189 Å². The number of terminal acetylenes is 3. The highest BCUT2D eigenvalue weighted by molar-refractivity contribution is 7.91. The van der Waals surface area contributed by atoms with Gasteiger partial charge in [0.05, 0.1) is 75.8 Å². The first-order valence-corrected chi connectivity index (χ1v) is 50.5. The third-order valence-electron chi connectivity index (χ3n) is 21.1. The summed E-state index contributed by atoms with van der Waals surface area (Å²) in [5, 5.41) is 11.0. The van der Waals surface area contributed by atoms with E-state index in [0.29, 0.717) is 138 Å². The molecule has 4 aliphatic rings. The van der Waals surface area contributed by atoms with Crippen LogP contribution in [0.3, 0.4) is 0 Å². The zero-order valence-electron chi connectivity index (χ0n) is 73.5. The predicted octanol–water partition coefficient (Wildman–Crippen LogP) is 17.7. The van der Waals surface area contributed by atoms with Gasteiger partial charge in [0.15, 0.2) is 56.3 Å². The molecule has 4 aromatic carbocycles. The van der Waals surface area contributed by atoms with Gasteiger partial charge in [0.25, 0.3) is 0 Å². The minimum atomic E-state index is -3.45. The topological polar surface area (TPSA) is 408 Å². The number of ether oxygens (including phenoxy) is 3. The molecule has 10 aromatic heterocycles. The maximum absolute atomic E-state index is 12.4. The van der Waals surface area contributed by atoms with Crippen LogP contribution >= 0.6 is 34.8 Å². The number of nitrogens with two attached hydrogens (primary N) is 2. The van der Waals surface area contributed by atoms with Gasteiger partial charge in [0.2, 0.25) is 0 Å². The maximum atomic E-state index is 12.4. The minimum Gasteiger partial charge on any atom is -0.398 e. The number of aromatic nitrogens is 13. The number of rotatable bonds is 17. The molecule has 3 atom stereocenters. The minimum absolute atomic E-state index is 0.00853. The molecule has 14 heterocycles. The maximum Gasteiger partial charge on any atom is 0.177 e. The summed E-state index contributed by atoms with van der Waals surface area (Å²) in [6.45, 7) is 9.90. The fraction of sp³-hybridized carbons (Fsp3) is 0.274. The number of aliphatic imine (C=N–C) groups is 1. The number of fused-ring (bicyclic) bond motifs is 4. The van der Waals surface area contributed by atoms with E-state index in [1.54, 1.807) is 133 Å². The van der Waals surface area contributed by atoms with E-state index in [1.807, 2.05) is 77.8 Å². The quantitative estimate of drug-likeness (QED) is 0.0321. The van der Waals surface area contributed by atoms with Crippen LogP contribution in [0.25, 0.3) is 33.5 Å². The highest BCUT2D eigenvalue weighted by Gasteiger charge is 2.30. The molecule has 4 aliphatic heterocycles. The smallest absolute Gasteiger partial charge is 0.177 e. The van der Waals surface area contributed by atoms with Crippen LogP contribution in [0.4, 0.5) is 51.3 Å². The Morgan fingerprint density at radius 3 is 1.17 bits per heavy atom. The first kappa shape index (κ1) is 96.8. The largest absolute Gasteiger partial charge is 0.398 e. The van der Waals surface area contributed by atoms with Crippen LogP contribution in [0, 0.1) is 57.8 Å². The Kier molecular flexibility index (Phi) is 31.3. The highest BCUT2D eigenvalue weighted by atomic mass is 35.5. The Bertz CT molecular complexity index is 7320. The zero-order chi connectivity index (χ0) is 94.3. The van der Waals surface area contributed by atoms with Crippen LogP contribution in [0.2, 0.25) is 15.3 Å². The number of hydrogen-bond acceptors (Lipinski definition) is 27. The van der Waals surface area contributed by atoms with Crippen LogP contribution in [0.15, 0.2) is 200 Å². The third-order valence-corrected chi connectivity index (χ3v) is 26.4. The molecule has 37 heteroatoms. The number of anilines is 8. The molecule has 682 valence electrons. The number of halogens is 3. The average molecular weight is 1910 g/mol. The van der Waals surface area contributed by atoms with E-state index in [2.05, 4.69) is 73.6 Å². The molecule has 0 bridgehead atoms. The second kappa shape index (κ2) is 42.6. The molecule has 132 heavy (non-hydrogen) atoms. The number of hydrogen-bond donors (Lipinski definition) is 5. The van der Waals surface area contributed by atoms with Crippen molar-refractivity contribution >= 4 is 165 Å². The average Bonchev–Trinajstić information content (AvgIpc) is 1.61. The second-order valence-corrected chi connectivity index (χ2v) is 40.5. The summed E-state index contributed by atoms with van der Waals surface area (Å²) in [6, 6.07) is 50.2. The molecular formula is C95H96Cl3N19O11S4. The molecule has 3 saturated heterocycles. The molecule has 0 radical (unpaired) electrons. The molecule has 0 spiro atoms. The van der Waals surface area contributed by atoms with E-state index in [1.165, 1.54) is 24.8 Å². The Hall–Kier alpha value is -12.8. The van der Waals surface area contributed by atoms with E-state index in [4.69, 9.17) is 94.7 Å². The monoisotopic (exact) mass is 1910 g/mol. The lowest BCUT2D eigenvalue weighted by molar-refractivity contribution is -0.0310. The van der Waals surface area contributed by atoms with Gasteiger partial charge in [-0.25, -0.2) is 78.5 Å². The number of imidazole rings is 3. The summed E-state index contributed by atoms with van der Waals surface area (Å²) >= 11 is 18.4. The van der Waals surface area contributed by atoms with Crippen molar-refractivity contribution in [2.24, 2.45) is 4.99 Å². The van der Waals surface area contributed by atoms with Gasteiger partial charge in [-0.2, -0.15) is 0 Å². The fourth-order valence-corrected chi connectivity index (χ4v) is 19.3. The number of nitrogens with zero attached hydrogens (tertiary/aromatic N) is 14. The third kappa shape index (κ3) is 24.3. The van der Waals surface area contributed by atoms with Crippen LogP contribution in [-0.4, -0.2) is 148 Å². The van der Waals surface area contributed by atoms with Crippen molar-refractivity contribution in [2.75, 3.05) is 72.3 Å². The molecule has 3 fully saturated rings. The second-order valence-electron chi connectivity index (χ2n) is 31.4. The van der Waals surface area contributed by atoms with Gasteiger partial charge in [0.1, 0.15) is 91.6 Å². The van der Waals surface area contributed by atoms with E-state index in [-0.39, 0.29) is 38.3 Å². The van der Waals surface area contributed by atoms with Crippen LogP contribution < -0.4 is 27.4 Å². The van der Waals surface area contributed by atoms with Crippen molar-refractivity contribution in [1.82, 2.24) is 63.5 Å². The zero-order valence-corrected chi connectivity index (χ0v) is 79.0. The molecule has 3 unspecified atom stereocenters. The number of aryl methyl sites for hydroxylation is 3. The van der Waals surface area contributed by atoms with E-state index in [0.717, 1.165) is 134 Å². The summed E-state index contributed by atoms with van der Waals surface area (Å²) in [4.78, 5) is 50.8. The lowest BCUT2D eigenvalue weighted by Crippen LogP contribution is -2.19. The predicted molar refractivity (Wildman–Crippen MR) is 518 cm³/mol. The van der Waals surface area contributed by atoms with Crippen molar-refractivity contribution < 1.29 is 47.9 Å². The molecular weight excluding hydrogens is 1820 g/mol. The van der Waals surface area contributed by atoms with Gasteiger partial charge < -0.3 is 41.6 Å². The van der Waals surface area contributed by atoms with Gasteiger partial charge in [-0.3, -0.25) is 23.7 Å². The van der Waals surface area contributed by atoms with Gasteiger partial charge in [-0.1, -0.05) is 119 Å². The summed E-state index contributed by atoms with van der Waals surface area (Å²) in [5.41, 5.74) is 25.9. The number of pyridine rings is 7. The van der Waals surface area contributed by atoms with Crippen LogP contribution in [-0.2, 0) is 72.8 Å². The Balaban J connectivity index is 0.000000142. The van der Waals surface area contributed by atoms with Crippen LogP contribution in [0.1, 0.15) is 146 Å². The standard InChI is InChI=1S/C27H27N5O3S.C23H20N4O2S.C19H21ClN4O3S.C12H13Cl2N3O.C7H6N2.C7H9NO2S/c1-4-19-10-9-11-20(29-19)16-21-17-23(31-22-12-5-6-13-24(22)36(3,33)34)26-27(30-21)32(18(2)28-26)25-14-7-8-15-35-25;1-4-16-8-7-9-17(25-16)13-18-14-21(23-20(26-18)12-15(2)24-23)27-19-10-5-6-11-22(19)30(3,28)29;1-12-21-18-14(22-13-7-3-4-8-15(13)28(2,25)26)11-16(20)23-19(18)24(12)17-9-5-6-10-27-17;1-7-15-11-8(13)6-9(14)16-12(11)17(7)10-4-2-3-5-18-10;1-2-6-4-3-5-7(8)9-6;1-11(9,10)7-5-3-2-4-6(7)8/h1,5-6,9-13,17,25H,7-8,14-16H2,2-3H3,(H,30,31);1,5-11,14H,12-13H2,2-3H3,(H,26,27);3-4,7-8,11,17H,5-6,9-10H2,1-2H3,(H,22,23);6,10H,2-5H2,1H3;1,3-5H,(H2,8,9);2-5H,8H2,1H3. The number of benzene rings is 4. The number of nitrogen functional groups attached to an aromatic ring is 2. The van der Waals surface area contributed by atoms with E-state index < -0.39 is 39.3 Å². The number of sulfone groups is 4. The summed E-state index contributed by atoms with van der Waals surface area (Å²) in [5.74, 6) is 10.4. The Morgan fingerprint density at radius 1 is 0.394 bits per heavy atom. The Labute approximate surface area is 782 Å². The highest BCUT2D eigenvalue weighted by Crippen LogP contribution is 2.41. The van der Waals surface area contributed by atoms with Gasteiger partial charge in [0, 0.05) is 93.0 Å². The lowest BCUT2D eigenvalue weighted by atomic mass is 10.1. The first-order valence-electron chi connectivity index (χ1n) is 41.8. The normalized spacial score (nSPS) is 15.4. The van der Waals surface area contributed by atoms with Crippen molar-refractivity contribution in [3.63, 3.8) is 0 Å². The first-order chi connectivity index (χ1) is 63.0. The molecule has 0 saturated carbocycles. The van der Waals surface area contributed by atoms with E-state index >= 15 is 0 Å². The molecule has 0 amide bonds. The Morgan fingerprint density at radius 2 is 0.765 bits per heavy atom. The summed E-state index contributed by atoms with van der Waals surface area (Å²) in [7, 11) is -13.4. The molecule has 18 rings (SSSR count). The van der Waals surface area contributed by atoms with Crippen molar-refractivity contribution in [1.29, 1.82) is 0 Å².